The van der Waals surface area contributed by atoms with Crippen molar-refractivity contribution in [3.63, 3.8) is 0 Å². The van der Waals surface area contributed by atoms with Crippen molar-refractivity contribution in [1.82, 2.24) is 5.32 Å². The number of nitrogens with two attached hydrogens (primary N) is 1. The van der Waals surface area contributed by atoms with E-state index in [1.165, 1.54) is 0 Å². The van der Waals surface area contributed by atoms with E-state index in [1.54, 1.807) is 0 Å². The number of amides is 2. The van der Waals surface area contributed by atoms with Crippen LogP contribution in [0.15, 0.2) is 0 Å². The fourth-order valence-corrected chi connectivity index (χ4v) is 2.06. The van der Waals surface area contributed by atoms with E-state index in [0.717, 1.165) is 12.8 Å². The van der Waals surface area contributed by atoms with Crippen molar-refractivity contribution in [3.8, 4) is 0 Å². The number of aldehydes is 1. The molecule has 15 heavy (non-hydrogen) atoms. The number of hydrogen-bond acceptors (Lipinski definition) is 3. The van der Waals surface area contributed by atoms with E-state index in [4.69, 9.17) is 5.73 Å². The third-order valence-electron chi connectivity index (χ3n) is 2.83. The lowest BCUT2D eigenvalue weighted by atomic mass is 9.78. The third kappa shape index (κ3) is 3.04. The SMILES string of the molecule is NC(=O)[C@H]1CCCC[C@H]1C(=O)NCC=O. The summed E-state index contributed by atoms with van der Waals surface area (Å²) in [7, 11) is 0. The number of primary amides is 1. The molecular weight excluding hydrogens is 196 g/mol. The van der Waals surface area contributed by atoms with Crippen LogP contribution in [-0.4, -0.2) is 24.6 Å². The molecule has 1 rings (SSSR count). The lowest BCUT2D eigenvalue weighted by Gasteiger charge is -2.27. The van der Waals surface area contributed by atoms with E-state index >= 15 is 0 Å². The van der Waals surface area contributed by atoms with Crippen LogP contribution >= 0.6 is 0 Å². The Morgan fingerprint density at radius 1 is 1.27 bits per heavy atom. The number of nitrogens with one attached hydrogen (secondary N) is 1. The van der Waals surface area contributed by atoms with Gasteiger partial charge >= 0.3 is 0 Å². The molecule has 0 aromatic rings. The molecule has 0 saturated heterocycles. The highest BCUT2D eigenvalue weighted by Gasteiger charge is 2.34. The van der Waals surface area contributed by atoms with Crippen LogP contribution in [0.5, 0.6) is 0 Å². The van der Waals surface area contributed by atoms with Crippen LogP contribution in [0.2, 0.25) is 0 Å². The molecule has 1 fully saturated rings. The molecule has 0 heterocycles. The van der Waals surface area contributed by atoms with Crippen LogP contribution in [-0.2, 0) is 14.4 Å². The second-order valence-corrected chi connectivity index (χ2v) is 3.81. The highest BCUT2D eigenvalue weighted by molar-refractivity contribution is 5.87. The van der Waals surface area contributed by atoms with E-state index in [1.807, 2.05) is 0 Å². The van der Waals surface area contributed by atoms with Crippen molar-refractivity contribution in [3.05, 3.63) is 0 Å². The maximum atomic E-state index is 11.6. The summed E-state index contributed by atoms with van der Waals surface area (Å²) < 4.78 is 0. The van der Waals surface area contributed by atoms with Crippen molar-refractivity contribution in [2.24, 2.45) is 17.6 Å². The minimum absolute atomic E-state index is 0.000809. The predicted molar refractivity (Wildman–Crippen MR) is 53.7 cm³/mol. The van der Waals surface area contributed by atoms with Crippen molar-refractivity contribution in [2.75, 3.05) is 6.54 Å². The molecule has 0 aromatic heterocycles. The standard InChI is InChI=1S/C10H16N2O3/c11-9(14)7-3-1-2-4-8(7)10(15)12-5-6-13/h6-8H,1-5H2,(H2,11,14)(H,12,15)/t7-,8+/m0/s1. The predicted octanol–water partition coefficient (Wildman–Crippen LogP) is -0.407. The van der Waals surface area contributed by atoms with Gasteiger partial charge in [0.05, 0.1) is 6.54 Å². The van der Waals surface area contributed by atoms with Crippen LogP contribution in [0, 0.1) is 11.8 Å². The van der Waals surface area contributed by atoms with Crippen molar-refractivity contribution >= 4 is 18.1 Å². The Hall–Kier alpha value is -1.39. The van der Waals surface area contributed by atoms with E-state index in [2.05, 4.69) is 5.32 Å². The summed E-state index contributed by atoms with van der Waals surface area (Å²) in [6, 6.07) is 0. The zero-order chi connectivity index (χ0) is 11.3. The number of hydrogen-bond donors (Lipinski definition) is 2. The molecule has 0 spiro atoms. The van der Waals surface area contributed by atoms with E-state index in [-0.39, 0.29) is 24.3 Å². The third-order valence-corrected chi connectivity index (χ3v) is 2.83. The van der Waals surface area contributed by atoms with Gasteiger partial charge in [-0.3, -0.25) is 9.59 Å². The summed E-state index contributed by atoms with van der Waals surface area (Å²) in [6.45, 7) is 0.000809. The molecule has 0 aliphatic heterocycles. The molecule has 2 atom stereocenters. The Kier molecular flexibility index (Phi) is 4.27. The molecular formula is C10H16N2O3. The van der Waals surface area contributed by atoms with Gasteiger partial charge in [-0.1, -0.05) is 12.8 Å². The Labute approximate surface area is 88.4 Å². The topological polar surface area (TPSA) is 89.3 Å². The Morgan fingerprint density at radius 2 is 1.87 bits per heavy atom. The quantitative estimate of drug-likeness (QED) is 0.621. The first kappa shape index (κ1) is 11.7. The average molecular weight is 212 g/mol. The highest BCUT2D eigenvalue weighted by atomic mass is 16.2. The second-order valence-electron chi connectivity index (χ2n) is 3.81. The zero-order valence-electron chi connectivity index (χ0n) is 8.57. The van der Waals surface area contributed by atoms with Gasteiger partial charge < -0.3 is 15.8 Å². The maximum absolute atomic E-state index is 11.6. The molecule has 3 N–H and O–H groups in total. The molecule has 1 saturated carbocycles. The highest BCUT2D eigenvalue weighted by Crippen LogP contribution is 2.29. The van der Waals surface area contributed by atoms with E-state index < -0.39 is 5.91 Å². The summed E-state index contributed by atoms with van der Waals surface area (Å²) in [6.07, 6.45) is 3.85. The molecule has 1 aliphatic carbocycles. The van der Waals surface area contributed by atoms with Crippen molar-refractivity contribution in [2.45, 2.75) is 25.7 Å². The van der Waals surface area contributed by atoms with Gasteiger partial charge in [0, 0.05) is 11.8 Å². The fourth-order valence-electron chi connectivity index (χ4n) is 2.06. The smallest absolute Gasteiger partial charge is 0.224 e. The van der Waals surface area contributed by atoms with Crippen LogP contribution < -0.4 is 11.1 Å². The Balaban J connectivity index is 2.58. The van der Waals surface area contributed by atoms with Crippen LogP contribution in [0.4, 0.5) is 0 Å². The zero-order valence-corrected chi connectivity index (χ0v) is 8.57. The first-order chi connectivity index (χ1) is 7.16. The lowest BCUT2D eigenvalue weighted by Crippen LogP contribution is -2.42. The largest absolute Gasteiger partial charge is 0.369 e. The normalized spacial score (nSPS) is 25.6. The Bertz CT molecular complexity index is 265. The summed E-state index contributed by atoms with van der Waals surface area (Å²) in [5.41, 5.74) is 5.24. The van der Waals surface area contributed by atoms with Gasteiger partial charge in [0.1, 0.15) is 6.29 Å². The number of rotatable bonds is 4. The molecule has 2 amide bonds. The van der Waals surface area contributed by atoms with Gasteiger partial charge in [0.15, 0.2) is 0 Å². The van der Waals surface area contributed by atoms with Crippen LogP contribution in [0.25, 0.3) is 0 Å². The van der Waals surface area contributed by atoms with Crippen molar-refractivity contribution < 1.29 is 14.4 Å². The molecule has 5 nitrogen and oxygen atoms in total. The molecule has 84 valence electrons. The minimum atomic E-state index is -0.416. The van der Waals surface area contributed by atoms with Gasteiger partial charge in [-0.15, -0.1) is 0 Å². The minimum Gasteiger partial charge on any atom is -0.369 e. The monoisotopic (exact) mass is 212 g/mol. The van der Waals surface area contributed by atoms with Crippen molar-refractivity contribution in [1.29, 1.82) is 0 Å². The van der Waals surface area contributed by atoms with Crippen LogP contribution in [0.1, 0.15) is 25.7 Å². The fraction of sp³-hybridized carbons (Fsp3) is 0.700. The van der Waals surface area contributed by atoms with Gasteiger partial charge in [-0.2, -0.15) is 0 Å². The van der Waals surface area contributed by atoms with Gasteiger partial charge in [-0.05, 0) is 12.8 Å². The second kappa shape index (κ2) is 5.48. The average Bonchev–Trinajstić information content (AvgIpc) is 2.25. The number of carbonyl (C=O) groups is 3. The first-order valence-electron chi connectivity index (χ1n) is 5.17. The van der Waals surface area contributed by atoms with Gasteiger partial charge in [-0.25, -0.2) is 0 Å². The molecule has 0 bridgehead atoms. The summed E-state index contributed by atoms with van der Waals surface area (Å²) >= 11 is 0. The van der Waals surface area contributed by atoms with Crippen LogP contribution in [0.3, 0.4) is 0 Å². The summed E-state index contributed by atoms with van der Waals surface area (Å²) in [5.74, 6) is -1.37. The molecule has 1 aliphatic rings. The molecule has 5 heteroatoms. The summed E-state index contributed by atoms with van der Waals surface area (Å²) in [5, 5.41) is 2.47. The van der Waals surface area contributed by atoms with E-state index in [0.29, 0.717) is 19.1 Å². The lowest BCUT2D eigenvalue weighted by molar-refractivity contribution is -0.135. The Morgan fingerprint density at radius 3 is 2.40 bits per heavy atom. The van der Waals surface area contributed by atoms with Gasteiger partial charge in [0.2, 0.25) is 11.8 Å². The van der Waals surface area contributed by atoms with Gasteiger partial charge in [0.25, 0.3) is 0 Å². The molecule has 0 radical (unpaired) electrons. The molecule has 0 unspecified atom stereocenters. The number of carbonyl (C=O) groups excluding carboxylic acids is 3. The summed E-state index contributed by atoms with van der Waals surface area (Å²) in [4.78, 5) is 32.8. The first-order valence-corrected chi connectivity index (χ1v) is 5.17. The van der Waals surface area contributed by atoms with E-state index in [9.17, 15) is 14.4 Å². The maximum Gasteiger partial charge on any atom is 0.224 e. The molecule has 0 aromatic carbocycles.